The maximum absolute atomic E-state index is 12.0. The number of nitrogens with one attached hydrogen (secondary N) is 2. The molecule has 0 spiro atoms. The van der Waals surface area contributed by atoms with E-state index in [1.165, 1.54) is 0 Å². The van der Waals surface area contributed by atoms with Gasteiger partial charge in [0.25, 0.3) is 5.91 Å². The van der Waals surface area contributed by atoms with E-state index in [2.05, 4.69) is 10.6 Å². The molecule has 4 heteroatoms. The van der Waals surface area contributed by atoms with Crippen molar-refractivity contribution in [1.82, 2.24) is 5.32 Å². The van der Waals surface area contributed by atoms with Crippen LogP contribution in [-0.4, -0.2) is 18.4 Å². The zero-order valence-corrected chi connectivity index (χ0v) is 12.1. The zero-order chi connectivity index (χ0) is 15.2. The summed E-state index contributed by atoms with van der Waals surface area (Å²) in [6, 6.07) is 14.6. The highest BCUT2D eigenvalue weighted by Crippen LogP contribution is 2.09. The van der Waals surface area contributed by atoms with E-state index in [0.29, 0.717) is 11.3 Å². The lowest BCUT2D eigenvalue weighted by Gasteiger charge is -2.08. The molecule has 0 saturated carbocycles. The average Bonchev–Trinajstić information content (AvgIpc) is 2.48. The number of benzene rings is 2. The quantitative estimate of drug-likeness (QED) is 0.905. The van der Waals surface area contributed by atoms with Crippen LogP contribution in [0.5, 0.6) is 0 Å². The van der Waals surface area contributed by atoms with E-state index in [-0.39, 0.29) is 18.4 Å². The molecule has 0 heterocycles. The molecule has 0 aliphatic carbocycles. The van der Waals surface area contributed by atoms with Gasteiger partial charge in [-0.2, -0.15) is 0 Å². The first-order valence-corrected chi connectivity index (χ1v) is 6.76. The Morgan fingerprint density at radius 3 is 2.33 bits per heavy atom. The molecular weight excluding hydrogens is 264 g/mol. The maximum atomic E-state index is 12.0. The van der Waals surface area contributed by atoms with Crippen molar-refractivity contribution in [2.45, 2.75) is 13.8 Å². The summed E-state index contributed by atoms with van der Waals surface area (Å²) >= 11 is 0. The number of carbonyl (C=O) groups is 2. The minimum atomic E-state index is -0.251. The fourth-order valence-electron chi connectivity index (χ4n) is 1.87. The normalized spacial score (nSPS) is 10.0. The van der Waals surface area contributed by atoms with Crippen LogP contribution in [0.3, 0.4) is 0 Å². The van der Waals surface area contributed by atoms with Crippen molar-refractivity contribution in [2.75, 3.05) is 11.9 Å². The summed E-state index contributed by atoms with van der Waals surface area (Å²) in [5.74, 6) is -0.500. The third-order valence-corrected chi connectivity index (χ3v) is 3.24. The predicted octanol–water partition coefficient (Wildman–Crippen LogP) is 2.67. The molecule has 0 aliphatic heterocycles. The maximum Gasteiger partial charge on any atom is 0.251 e. The monoisotopic (exact) mass is 282 g/mol. The van der Waals surface area contributed by atoms with Crippen LogP contribution < -0.4 is 10.6 Å². The fourth-order valence-corrected chi connectivity index (χ4v) is 1.87. The van der Waals surface area contributed by atoms with Gasteiger partial charge in [0.05, 0.1) is 6.54 Å². The Morgan fingerprint density at radius 1 is 0.952 bits per heavy atom. The number of rotatable bonds is 4. The molecule has 108 valence electrons. The van der Waals surface area contributed by atoms with Crippen molar-refractivity contribution in [1.29, 1.82) is 0 Å². The van der Waals surface area contributed by atoms with Gasteiger partial charge < -0.3 is 10.6 Å². The van der Waals surface area contributed by atoms with Gasteiger partial charge in [-0.05, 0) is 49.2 Å². The summed E-state index contributed by atoms with van der Waals surface area (Å²) in [5, 5.41) is 5.33. The summed E-state index contributed by atoms with van der Waals surface area (Å²) in [5.41, 5.74) is 3.46. The smallest absolute Gasteiger partial charge is 0.251 e. The minimum Gasteiger partial charge on any atom is -0.343 e. The van der Waals surface area contributed by atoms with Gasteiger partial charge in [0.15, 0.2) is 0 Å². The van der Waals surface area contributed by atoms with Crippen molar-refractivity contribution in [2.24, 2.45) is 0 Å². The number of hydrogen-bond acceptors (Lipinski definition) is 2. The van der Waals surface area contributed by atoms with Gasteiger partial charge in [-0.3, -0.25) is 9.59 Å². The third-order valence-electron chi connectivity index (χ3n) is 3.24. The molecule has 2 aromatic rings. The Bertz CT molecular complexity index is 651. The summed E-state index contributed by atoms with van der Waals surface area (Å²) in [7, 11) is 0. The van der Waals surface area contributed by atoms with Crippen molar-refractivity contribution < 1.29 is 9.59 Å². The van der Waals surface area contributed by atoms with Gasteiger partial charge in [0.2, 0.25) is 5.91 Å². The lowest BCUT2D eigenvalue weighted by atomic mass is 10.1. The van der Waals surface area contributed by atoms with Crippen LogP contribution in [0.25, 0.3) is 0 Å². The van der Waals surface area contributed by atoms with Gasteiger partial charge in [-0.15, -0.1) is 0 Å². The molecule has 4 nitrogen and oxygen atoms in total. The van der Waals surface area contributed by atoms with Crippen LogP contribution in [0.15, 0.2) is 48.5 Å². The molecule has 0 atom stereocenters. The number of hydrogen-bond donors (Lipinski definition) is 2. The van der Waals surface area contributed by atoms with Crippen molar-refractivity contribution >= 4 is 17.5 Å². The van der Waals surface area contributed by atoms with Crippen molar-refractivity contribution in [3.05, 3.63) is 65.2 Å². The predicted molar refractivity (Wildman–Crippen MR) is 83.3 cm³/mol. The molecule has 21 heavy (non-hydrogen) atoms. The van der Waals surface area contributed by atoms with E-state index in [4.69, 9.17) is 0 Å². The molecule has 0 saturated heterocycles. The summed E-state index contributed by atoms with van der Waals surface area (Å²) < 4.78 is 0. The molecule has 0 aliphatic rings. The lowest BCUT2D eigenvalue weighted by molar-refractivity contribution is -0.115. The second kappa shape index (κ2) is 6.70. The Morgan fingerprint density at radius 2 is 1.67 bits per heavy atom. The van der Waals surface area contributed by atoms with Crippen LogP contribution in [0.4, 0.5) is 5.69 Å². The average molecular weight is 282 g/mol. The van der Waals surface area contributed by atoms with Gasteiger partial charge in [0, 0.05) is 11.3 Å². The van der Waals surface area contributed by atoms with Gasteiger partial charge in [0.1, 0.15) is 0 Å². The van der Waals surface area contributed by atoms with Crippen LogP contribution in [0, 0.1) is 13.8 Å². The molecule has 0 bridgehead atoms. The first kappa shape index (κ1) is 14.8. The molecule has 2 N–H and O–H groups in total. The van der Waals surface area contributed by atoms with E-state index in [1.807, 2.05) is 44.2 Å². The molecule has 0 fully saturated rings. The minimum absolute atomic E-state index is 0.0549. The SMILES string of the molecule is Cc1ccc(C(=O)NCC(=O)Nc2ccccc2)cc1C. The van der Waals surface area contributed by atoms with E-state index in [1.54, 1.807) is 18.2 Å². The molecule has 2 aromatic carbocycles. The zero-order valence-electron chi connectivity index (χ0n) is 12.1. The number of aryl methyl sites for hydroxylation is 2. The number of para-hydroxylation sites is 1. The Labute approximate surface area is 124 Å². The fraction of sp³-hybridized carbons (Fsp3) is 0.176. The molecule has 2 amide bonds. The van der Waals surface area contributed by atoms with E-state index < -0.39 is 0 Å². The molecule has 0 unspecified atom stereocenters. The van der Waals surface area contributed by atoms with E-state index in [0.717, 1.165) is 11.1 Å². The van der Waals surface area contributed by atoms with Crippen molar-refractivity contribution in [3.8, 4) is 0 Å². The highest BCUT2D eigenvalue weighted by atomic mass is 16.2. The Hall–Kier alpha value is -2.62. The van der Waals surface area contributed by atoms with Gasteiger partial charge in [-0.1, -0.05) is 24.3 Å². The third kappa shape index (κ3) is 4.18. The molecular formula is C17H18N2O2. The molecule has 0 aromatic heterocycles. The first-order valence-electron chi connectivity index (χ1n) is 6.76. The van der Waals surface area contributed by atoms with Gasteiger partial charge in [-0.25, -0.2) is 0 Å². The Balaban J connectivity index is 1.89. The first-order chi connectivity index (χ1) is 10.1. The highest BCUT2D eigenvalue weighted by molar-refractivity contribution is 5.99. The number of anilines is 1. The van der Waals surface area contributed by atoms with Gasteiger partial charge >= 0.3 is 0 Å². The standard InChI is InChI=1S/C17H18N2O2/c1-12-8-9-14(10-13(12)2)17(21)18-11-16(20)19-15-6-4-3-5-7-15/h3-10H,11H2,1-2H3,(H,18,21)(H,19,20). The molecule has 0 radical (unpaired) electrons. The summed E-state index contributed by atoms with van der Waals surface area (Å²) in [6.45, 7) is 3.89. The Kier molecular flexibility index (Phi) is 4.72. The second-order valence-corrected chi connectivity index (χ2v) is 4.90. The van der Waals surface area contributed by atoms with Crippen LogP contribution in [0.1, 0.15) is 21.5 Å². The number of carbonyl (C=O) groups excluding carboxylic acids is 2. The summed E-state index contributed by atoms with van der Waals surface area (Å²) in [4.78, 5) is 23.7. The number of amides is 2. The highest BCUT2D eigenvalue weighted by Gasteiger charge is 2.08. The van der Waals surface area contributed by atoms with E-state index >= 15 is 0 Å². The summed E-state index contributed by atoms with van der Waals surface area (Å²) in [6.07, 6.45) is 0. The second-order valence-electron chi connectivity index (χ2n) is 4.90. The topological polar surface area (TPSA) is 58.2 Å². The van der Waals surface area contributed by atoms with Crippen molar-refractivity contribution in [3.63, 3.8) is 0 Å². The largest absolute Gasteiger partial charge is 0.343 e. The van der Waals surface area contributed by atoms with Crippen LogP contribution >= 0.6 is 0 Å². The van der Waals surface area contributed by atoms with Crippen LogP contribution in [0.2, 0.25) is 0 Å². The molecule has 2 rings (SSSR count). The van der Waals surface area contributed by atoms with Crippen LogP contribution in [-0.2, 0) is 4.79 Å². The van der Waals surface area contributed by atoms with E-state index in [9.17, 15) is 9.59 Å². The lowest BCUT2D eigenvalue weighted by Crippen LogP contribution is -2.32.